The molecule has 21 heavy (non-hydrogen) atoms. The molecule has 1 aromatic carbocycles. The van der Waals surface area contributed by atoms with Gasteiger partial charge in [-0.05, 0) is 6.07 Å². The first kappa shape index (κ1) is 16.8. The van der Waals surface area contributed by atoms with E-state index in [-0.39, 0.29) is 0 Å². The van der Waals surface area contributed by atoms with Gasteiger partial charge in [0.2, 0.25) is 5.69 Å². The van der Waals surface area contributed by atoms with Crippen molar-refractivity contribution in [3.63, 3.8) is 0 Å². The zero-order valence-electron chi connectivity index (χ0n) is 11.5. The Kier molecular flexibility index (Phi) is 6.51. The Hall–Kier alpha value is -2.25. The van der Waals surface area contributed by atoms with Crippen molar-refractivity contribution in [3.05, 3.63) is 66.0 Å². The van der Waals surface area contributed by atoms with Crippen molar-refractivity contribution in [1.82, 2.24) is 0 Å². The van der Waals surface area contributed by atoms with Crippen LogP contribution in [0.1, 0.15) is 11.3 Å². The third kappa shape index (κ3) is 7.81. The minimum absolute atomic E-state index is 0.604. The zero-order valence-corrected chi connectivity index (χ0v) is 12.3. The topological polar surface area (TPSA) is 93.7 Å². The molecule has 0 amide bonds. The highest BCUT2D eigenvalue weighted by Gasteiger charge is 2.07. The van der Waals surface area contributed by atoms with Crippen LogP contribution in [0.25, 0.3) is 0 Å². The molecule has 0 aliphatic heterocycles. The van der Waals surface area contributed by atoms with Crippen LogP contribution in [0.2, 0.25) is 0 Å². The van der Waals surface area contributed by atoms with Gasteiger partial charge in [-0.25, -0.2) is 8.42 Å². The van der Waals surface area contributed by atoms with E-state index in [1.54, 1.807) is 0 Å². The van der Waals surface area contributed by atoms with Crippen LogP contribution < -0.4 is 4.57 Å². The van der Waals surface area contributed by atoms with Crippen molar-refractivity contribution < 1.29 is 22.7 Å². The van der Waals surface area contributed by atoms with Gasteiger partial charge in [0.15, 0.2) is 12.7 Å². The maximum atomic E-state index is 9.08. The lowest BCUT2D eigenvalue weighted by Gasteiger charge is -1.99. The highest BCUT2D eigenvalue weighted by Crippen LogP contribution is 1.98. The van der Waals surface area contributed by atoms with E-state index in [9.17, 15) is 0 Å². The Morgan fingerprint density at radius 1 is 1.19 bits per heavy atom. The largest absolute Gasteiger partial charge is 0.748 e. The summed E-state index contributed by atoms with van der Waals surface area (Å²) in [4.78, 5) is 0. The van der Waals surface area contributed by atoms with Gasteiger partial charge in [-0.15, -0.1) is 0 Å². The number of nitrogens with zero attached hydrogens (tertiary/aromatic N) is 2. The molecule has 0 aliphatic carbocycles. The molecule has 1 N–H and O–H groups in total. The predicted molar refractivity (Wildman–Crippen MR) is 77.2 cm³/mol. The van der Waals surface area contributed by atoms with Crippen LogP contribution in [0.5, 0.6) is 0 Å². The zero-order chi connectivity index (χ0) is 15.7. The molecule has 1 heterocycles. The molecule has 0 spiro atoms. The van der Waals surface area contributed by atoms with Crippen molar-refractivity contribution in [2.24, 2.45) is 5.16 Å². The average molecular weight is 308 g/mol. The molecule has 1 aromatic heterocycles. The van der Waals surface area contributed by atoms with Crippen molar-refractivity contribution in [3.8, 4) is 0 Å². The summed E-state index contributed by atoms with van der Waals surface area (Å²) in [5.74, 6) is 0. The number of aromatic nitrogens is 1. The van der Waals surface area contributed by atoms with Crippen LogP contribution in [0.4, 0.5) is 0 Å². The molecule has 0 saturated heterocycles. The van der Waals surface area contributed by atoms with Gasteiger partial charge in [-0.2, -0.15) is 4.57 Å². The van der Waals surface area contributed by atoms with Crippen molar-refractivity contribution in [2.45, 2.75) is 6.54 Å². The van der Waals surface area contributed by atoms with E-state index in [1.807, 2.05) is 47.2 Å². The van der Waals surface area contributed by atoms with Crippen molar-refractivity contribution in [2.75, 3.05) is 6.26 Å². The van der Waals surface area contributed by atoms with Crippen LogP contribution in [0, 0.1) is 0 Å². The van der Waals surface area contributed by atoms with Crippen LogP contribution in [0.3, 0.4) is 0 Å². The molecular formula is C14H16N2O4S. The second-order valence-corrected chi connectivity index (χ2v) is 5.60. The van der Waals surface area contributed by atoms with E-state index in [1.165, 1.54) is 11.8 Å². The smallest absolute Gasteiger partial charge is 0.227 e. The van der Waals surface area contributed by atoms with E-state index < -0.39 is 10.1 Å². The van der Waals surface area contributed by atoms with Gasteiger partial charge in [-0.1, -0.05) is 35.5 Å². The summed E-state index contributed by atoms with van der Waals surface area (Å²) in [6, 6.07) is 15.9. The molecule has 2 aromatic rings. The van der Waals surface area contributed by atoms with Gasteiger partial charge >= 0.3 is 0 Å². The summed E-state index contributed by atoms with van der Waals surface area (Å²) in [7, 11) is -3.92. The minimum atomic E-state index is -3.92. The van der Waals surface area contributed by atoms with Gasteiger partial charge < -0.3 is 9.76 Å². The predicted octanol–water partition coefficient (Wildman–Crippen LogP) is 0.992. The number of pyridine rings is 1. The molecule has 0 atom stereocenters. The average Bonchev–Trinajstić information content (AvgIpc) is 2.41. The monoisotopic (exact) mass is 308 g/mol. The Morgan fingerprint density at radius 3 is 2.33 bits per heavy atom. The summed E-state index contributed by atoms with van der Waals surface area (Å²) in [6.45, 7) is 0.767. The highest BCUT2D eigenvalue weighted by atomic mass is 32.2. The molecule has 7 heteroatoms. The summed E-state index contributed by atoms with van der Waals surface area (Å²) >= 11 is 0. The number of oxime groups is 1. The van der Waals surface area contributed by atoms with E-state index in [2.05, 4.69) is 17.3 Å². The third-order valence-corrected chi connectivity index (χ3v) is 2.36. The van der Waals surface area contributed by atoms with Gasteiger partial charge in [-0.3, -0.25) is 0 Å². The lowest BCUT2D eigenvalue weighted by atomic mass is 10.2. The highest BCUT2D eigenvalue weighted by molar-refractivity contribution is 7.84. The second-order valence-electron chi connectivity index (χ2n) is 4.19. The van der Waals surface area contributed by atoms with Crippen LogP contribution >= 0.6 is 0 Å². The molecule has 0 aliphatic rings. The maximum absolute atomic E-state index is 9.08. The normalized spacial score (nSPS) is 11.0. The number of hydrogen-bond acceptors (Lipinski definition) is 5. The van der Waals surface area contributed by atoms with Gasteiger partial charge in [0.25, 0.3) is 0 Å². The van der Waals surface area contributed by atoms with E-state index in [0.717, 1.165) is 12.2 Å². The van der Waals surface area contributed by atoms with Crippen molar-refractivity contribution >= 4 is 16.3 Å². The molecular weight excluding hydrogens is 292 g/mol. The van der Waals surface area contributed by atoms with E-state index >= 15 is 0 Å². The lowest BCUT2D eigenvalue weighted by Crippen LogP contribution is -2.38. The Morgan fingerprint density at radius 2 is 1.76 bits per heavy atom. The Labute approximate surface area is 123 Å². The van der Waals surface area contributed by atoms with Crippen LogP contribution in [-0.4, -0.2) is 30.6 Å². The van der Waals surface area contributed by atoms with E-state index in [0.29, 0.717) is 6.26 Å². The summed E-state index contributed by atoms with van der Waals surface area (Å²) in [5, 5.41) is 11.6. The summed E-state index contributed by atoms with van der Waals surface area (Å²) in [5.41, 5.74) is 2.08. The van der Waals surface area contributed by atoms with Crippen LogP contribution in [0.15, 0.2) is 59.9 Å². The third-order valence-electron chi connectivity index (χ3n) is 2.36. The fourth-order valence-electron chi connectivity index (χ4n) is 1.59. The first-order chi connectivity index (χ1) is 9.90. The number of benzene rings is 1. The molecule has 0 saturated carbocycles. The minimum Gasteiger partial charge on any atom is -0.748 e. The second kappa shape index (κ2) is 8.13. The van der Waals surface area contributed by atoms with E-state index in [4.69, 9.17) is 18.2 Å². The number of hydrogen-bond donors (Lipinski definition) is 1. The van der Waals surface area contributed by atoms with Crippen LogP contribution in [-0.2, 0) is 16.7 Å². The van der Waals surface area contributed by atoms with Crippen molar-refractivity contribution in [1.29, 1.82) is 0 Å². The van der Waals surface area contributed by atoms with Gasteiger partial charge in [0.1, 0.15) is 6.21 Å². The number of rotatable bonds is 3. The van der Waals surface area contributed by atoms with Gasteiger partial charge in [0, 0.05) is 24.0 Å². The fraction of sp³-hybridized carbons (Fsp3) is 0.143. The first-order valence-electron chi connectivity index (χ1n) is 6.01. The molecule has 112 valence electrons. The molecule has 2 rings (SSSR count). The fourth-order valence-corrected chi connectivity index (χ4v) is 1.59. The molecule has 0 fully saturated rings. The Bertz CT molecular complexity index is 677. The molecule has 0 radical (unpaired) electrons. The summed E-state index contributed by atoms with van der Waals surface area (Å²) in [6.07, 6.45) is 4.00. The van der Waals surface area contributed by atoms with Gasteiger partial charge in [0.05, 0.1) is 10.1 Å². The first-order valence-corrected chi connectivity index (χ1v) is 7.82. The maximum Gasteiger partial charge on any atom is 0.227 e. The molecule has 0 bridgehead atoms. The summed E-state index contributed by atoms with van der Waals surface area (Å²) < 4.78 is 29.3. The SMILES string of the molecule is CS(=O)(=O)[O-].ON=Cc1cccc[n+]1Cc1ccccc1. The molecule has 0 unspecified atom stereocenters. The molecule has 6 nitrogen and oxygen atoms in total. The Balaban J connectivity index is 0.000000383. The standard InChI is InChI=1S/C13H12N2O.CH4O3S/c16-14-10-13-8-4-5-9-15(13)11-12-6-2-1-3-7-12;1-5(2,3)4/h1-10H,11H2;1H3,(H,2,3,4). The lowest BCUT2D eigenvalue weighted by molar-refractivity contribution is -0.689. The quantitative estimate of drug-likeness (QED) is 0.301.